The molecule has 2 atom stereocenters. The van der Waals surface area contributed by atoms with Crippen LogP contribution in [0, 0.1) is 0 Å². The van der Waals surface area contributed by atoms with E-state index in [0.717, 1.165) is 11.1 Å². The third-order valence-electron chi connectivity index (χ3n) is 5.13. The number of hydrogen-bond donors (Lipinski definition) is 4. The number of aliphatic hydroxyl groups excluding tert-OH is 2. The number of methoxy groups -OCH3 is 2. The number of carboxylic acid groups (broad SMARTS) is 2. The van der Waals surface area contributed by atoms with E-state index in [2.05, 4.69) is 0 Å². The summed E-state index contributed by atoms with van der Waals surface area (Å²) in [6.45, 7) is 3.99. The average Bonchev–Trinajstić information content (AvgIpc) is 2.94. The lowest BCUT2D eigenvalue weighted by atomic mass is 10.1. The molecule has 0 aliphatic heterocycles. The van der Waals surface area contributed by atoms with Gasteiger partial charge in [-0.3, -0.25) is 0 Å². The fourth-order valence-corrected chi connectivity index (χ4v) is 2.99. The number of hydrogen-bond acceptors (Lipinski definition) is 10. The molecule has 0 heterocycles. The van der Waals surface area contributed by atoms with Gasteiger partial charge in [0.1, 0.15) is 24.7 Å². The molecule has 2 aromatic carbocycles. The maximum Gasteiger partial charge on any atom is 0.332 e. The molecule has 4 N–H and O–H groups in total. The molecule has 2 unspecified atom stereocenters. The standard InChI is InChI=1S/2C14H20O6/c2*1-18-6-7-19-8-9-20-12-4-2-11(3-5-12)10-13(15)14(16)17/h2*2-5,13,15H,6-10H2,1H3,(H,16,17). The van der Waals surface area contributed by atoms with Crippen LogP contribution in [0.1, 0.15) is 11.1 Å². The van der Waals surface area contributed by atoms with E-state index in [1.807, 2.05) is 0 Å². The van der Waals surface area contributed by atoms with Gasteiger partial charge < -0.3 is 48.8 Å². The van der Waals surface area contributed by atoms with E-state index in [0.29, 0.717) is 64.4 Å². The monoisotopic (exact) mass is 568 g/mol. The maximum absolute atomic E-state index is 10.5. The molecule has 0 saturated carbocycles. The van der Waals surface area contributed by atoms with Gasteiger partial charge in [0, 0.05) is 27.1 Å². The van der Waals surface area contributed by atoms with E-state index in [9.17, 15) is 19.8 Å². The number of benzene rings is 2. The Hall–Kier alpha value is -3.26. The lowest BCUT2D eigenvalue weighted by Crippen LogP contribution is -2.21. The van der Waals surface area contributed by atoms with Gasteiger partial charge in [0.05, 0.1) is 39.6 Å². The minimum absolute atomic E-state index is 0.0791. The first-order valence-electron chi connectivity index (χ1n) is 12.6. The van der Waals surface area contributed by atoms with Crippen LogP contribution in [-0.2, 0) is 41.4 Å². The summed E-state index contributed by atoms with van der Waals surface area (Å²) in [4.78, 5) is 21.0. The molecular weight excluding hydrogens is 528 g/mol. The van der Waals surface area contributed by atoms with Crippen molar-refractivity contribution in [3.8, 4) is 11.5 Å². The first-order valence-corrected chi connectivity index (χ1v) is 12.6. The molecule has 0 amide bonds. The molecule has 2 rings (SSSR count). The van der Waals surface area contributed by atoms with Crippen molar-refractivity contribution < 1.29 is 58.4 Å². The van der Waals surface area contributed by atoms with Gasteiger partial charge in [-0.25, -0.2) is 9.59 Å². The highest BCUT2D eigenvalue weighted by Crippen LogP contribution is 2.14. The van der Waals surface area contributed by atoms with Gasteiger partial charge in [-0.05, 0) is 35.4 Å². The van der Waals surface area contributed by atoms with Crippen LogP contribution in [0.25, 0.3) is 0 Å². The summed E-state index contributed by atoms with van der Waals surface area (Å²) >= 11 is 0. The van der Waals surface area contributed by atoms with Crippen molar-refractivity contribution in [2.24, 2.45) is 0 Å². The second-order valence-electron chi connectivity index (χ2n) is 8.31. The quantitative estimate of drug-likeness (QED) is 0.170. The Bertz CT molecular complexity index is 856. The highest BCUT2D eigenvalue weighted by molar-refractivity contribution is 5.72. The Labute approximate surface area is 234 Å². The molecule has 224 valence electrons. The Morgan fingerprint density at radius 2 is 0.900 bits per heavy atom. The van der Waals surface area contributed by atoms with Crippen molar-refractivity contribution in [1.82, 2.24) is 0 Å². The summed E-state index contributed by atoms with van der Waals surface area (Å²) in [5.41, 5.74) is 1.48. The van der Waals surface area contributed by atoms with Crippen molar-refractivity contribution >= 4 is 11.9 Å². The van der Waals surface area contributed by atoms with Crippen LogP contribution in [0.3, 0.4) is 0 Å². The Morgan fingerprint density at radius 1 is 0.575 bits per heavy atom. The highest BCUT2D eigenvalue weighted by atomic mass is 16.5. The zero-order valence-electron chi connectivity index (χ0n) is 22.9. The maximum atomic E-state index is 10.5. The lowest BCUT2D eigenvalue weighted by Gasteiger charge is -2.09. The smallest absolute Gasteiger partial charge is 0.332 e. The molecule has 40 heavy (non-hydrogen) atoms. The summed E-state index contributed by atoms with van der Waals surface area (Å²) < 4.78 is 31.1. The van der Waals surface area contributed by atoms with Gasteiger partial charge in [-0.1, -0.05) is 24.3 Å². The van der Waals surface area contributed by atoms with Crippen LogP contribution in [0.2, 0.25) is 0 Å². The molecule has 12 nitrogen and oxygen atoms in total. The molecule has 0 aliphatic rings. The van der Waals surface area contributed by atoms with Crippen LogP contribution in [-0.4, -0.2) is 112 Å². The summed E-state index contributed by atoms with van der Waals surface area (Å²) in [6, 6.07) is 13.9. The molecule has 12 heteroatoms. The first kappa shape index (κ1) is 34.8. The lowest BCUT2D eigenvalue weighted by molar-refractivity contribution is -0.147. The van der Waals surface area contributed by atoms with E-state index in [1.165, 1.54) is 0 Å². The first-order chi connectivity index (χ1) is 19.3. The number of aliphatic carboxylic acids is 2. The zero-order chi connectivity index (χ0) is 29.6. The Kier molecular flexibility index (Phi) is 18.7. The SMILES string of the molecule is COCCOCCOc1ccc(CC(O)C(=O)O)cc1.COCCOCCOc1ccc(CC(O)C(=O)O)cc1. The van der Waals surface area contributed by atoms with Gasteiger partial charge >= 0.3 is 11.9 Å². The number of ether oxygens (including phenoxy) is 6. The number of carbonyl (C=O) groups is 2. The zero-order valence-corrected chi connectivity index (χ0v) is 22.9. The number of carboxylic acids is 2. The fourth-order valence-electron chi connectivity index (χ4n) is 2.99. The van der Waals surface area contributed by atoms with E-state index in [4.69, 9.17) is 38.6 Å². The highest BCUT2D eigenvalue weighted by Gasteiger charge is 2.14. The van der Waals surface area contributed by atoms with E-state index >= 15 is 0 Å². The van der Waals surface area contributed by atoms with Gasteiger partial charge in [0.2, 0.25) is 0 Å². The summed E-state index contributed by atoms with van der Waals surface area (Å²) in [7, 11) is 3.23. The molecule has 0 radical (unpaired) electrons. The second-order valence-corrected chi connectivity index (χ2v) is 8.31. The minimum Gasteiger partial charge on any atom is -0.491 e. The van der Waals surface area contributed by atoms with Gasteiger partial charge in [-0.2, -0.15) is 0 Å². The average molecular weight is 569 g/mol. The summed E-state index contributed by atoms with van der Waals surface area (Å²) in [5.74, 6) is -1.10. The third-order valence-corrected chi connectivity index (χ3v) is 5.13. The second kappa shape index (κ2) is 21.5. The van der Waals surface area contributed by atoms with Crippen LogP contribution < -0.4 is 9.47 Å². The van der Waals surface area contributed by atoms with Crippen molar-refractivity contribution in [2.75, 3.05) is 67.1 Å². The van der Waals surface area contributed by atoms with Crippen LogP contribution in [0.4, 0.5) is 0 Å². The molecular formula is C28H40O12. The predicted octanol–water partition coefficient (Wildman–Crippen LogP) is 1.43. The largest absolute Gasteiger partial charge is 0.491 e. The Balaban J connectivity index is 0.000000400. The third kappa shape index (κ3) is 16.6. The van der Waals surface area contributed by atoms with Crippen LogP contribution in [0.5, 0.6) is 11.5 Å². The predicted molar refractivity (Wildman–Crippen MR) is 144 cm³/mol. The molecule has 2 aromatic rings. The van der Waals surface area contributed by atoms with Crippen molar-refractivity contribution in [2.45, 2.75) is 25.0 Å². The van der Waals surface area contributed by atoms with Gasteiger partial charge in [-0.15, -0.1) is 0 Å². The van der Waals surface area contributed by atoms with Gasteiger partial charge in [0.25, 0.3) is 0 Å². The van der Waals surface area contributed by atoms with Crippen molar-refractivity contribution in [1.29, 1.82) is 0 Å². The number of aliphatic hydroxyl groups is 2. The minimum atomic E-state index is -1.38. The van der Waals surface area contributed by atoms with E-state index in [1.54, 1.807) is 62.8 Å². The fraction of sp³-hybridized carbons (Fsp3) is 0.500. The van der Waals surface area contributed by atoms with Gasteiger partial charge in [0.15, 0.2) is 12.2 Å². The van der Waals surface area contributed by atoms with Crippen LogP contribution in [0.15, 0.2) is 48.5 Å². The van der Waals surface area contributed by atoms with Crippen LogP contribution >= 0.6 is 0 Å². The number of rotatable bonds is 20. The molecule has 0 saturated heterocycles. The summed E-state index contributed by atoms with van der Waals surface area (Å²) in [6.07, 6.45) is -2.60. The molecule has 0 aromatic heterocycles. The van der Waals surface area contributed by atoms with Crippen molar-refractivity contribution in [3.63, 3.8) is 0 Å². The molecule has 0 aliphatic carbocycles. The van der Waals surface area contributed by atoms with Crippen molar-refractivity contribution in [3.05, 3.63) is 59.7 Å². The van der Waals surface area contributed by atoms with E-state index in [-0.39, 0.29) is 12.8 Å². The molecule has 0 spiro atoms. The Morgan fingerprint density at radius 3 is 1.20 bits per heavy atom. The normalized spacial score (nSPS) is 12.1. The molecule has 0 bridgehead atoms. The topological polar surface area (TPSA) is 170 Å². The van der Waals surface area contributed by atoms with E-state index < -0.39 is 24.1 Å². The summed E-state index contributed by atoms with van der Waals surface area (Å²) in [5, 5.41) is 35.7. The molecule has 0 fully saturated rings.